The topological polar surface area (TPSA) is 58.6 Å². The molecule has 0 spiro atoms. The van der Waals surface area contributed by atoms with Crippen molar-refractivity contribution >= 4 is 11.7 Å². The number of nitrogens with one attached hydrogen (secondary N) is 1. The monoisotopic (exact) mass is 275 g/mol. The van der Waals surface area contributed by atoms with E-state index in [4.69, 9.17) is 9.84 Å². The van der Waals surface area contributed by atoms with Crippen LogP contribution in [0, 0.1) is 5.82 Å². The lowest BCUT2D eigenvalue weighted by Gasteiger charge is -2.09. The van der Waals surface area contributed by atoms with Gasteiger partial charge in [-0.2, -0.15) is 0 Å². The fourth-order valence-electron chi connectivity index (χ4n) is 1.77. The number of halogens is 1. The van der Waals surface area contributed by atoms with Crippen molar-refractivity contribution in [3.63, 3.8) is 0 Å². The summed E-state index contributed by atoms with van der Waals surface area (Å²) in [6.07, 6.45) is 0. The molecule has 5 heteroatoms. The molecule has 4 nitrogen and oxygen atoms in total. The molecule has 0 unspecified atom stereocenters. The number of ether oxygens (including phenoxy) is 1. The highest BCUT2D eigenvalue weighted by Crippen LogP contribution is 2.18. The van der Waals surface area contributed by atoms with Gasteiger partial charge in [0, 0.05) is 6.54 Å². The van der Waals surface area contributed by atoms with Gasteiger partial charge in [-0.15, -0.1) is 0 Å². The maximum Gasteiger partial charge on any atom is 0.335 e. The largest absolute Gasteiger partial charge is 0.497 e. The van der Waals surface area contributed by atoms with Gasteiger partial charge in [0.05, 0.1) is 18.4 Å². The zero-order valence-electron chi connectivity index (χ0n) is 10.9. The molecule has 0 heterocycles. The number of methoxy groups -OCH3 is 1. The number of carbonyl (C=O) groups is 1. The van der Waals surface area contributed by atoms with Gasteiger partial charge in [-0.3, -0.25) is 0 Å². The van der Waals surface area contributed by atoms with Crippen LogP contribution in [0.3, 0.4) is 0 Å². The number of carboxylic acids is 1. The van der Waals surface area contributed by atoms with Gasteiger partial charge in [0.1, 0.15) is 11.6 Å². The van der Waals surface area contributed by atoms with Crippen LogP contribution in [0.1, 0.15) is 15.9 Å². The number of benzene rings is 2. The maximum atomic E-state index is 13.6. The highest BCUT2D eigenvalue weighted by atomic mass is 19.1. The van der Waals surface area contributed by atoms with Crippen molar-refractivity contribution in [3.8, 4) is 5.75 Å². The SMILES string of the molecule is COc1cccc(CNc2cc(C(=O)O)ccc2F)c1. The van der Waals surface area contributed by atoms with Crippen molar-refractivity contribution in [3.05, 3.63) is 59.4 Å². The van der Waals surface area contributed by atoms with E-state index >= 15 is 0 Å². The predicted molar refractivity (Wildman–Crippen MR) is 73.7 cm³/mol. The van der Waals surface area contributed by atoms with Crippen LogP contribution in [-0.2, 0) is 6.54 Å². The third-order valence-corrected chi connectivity index (χ3v) is 2.83. The minimum atomic E-state index is -1.09. The molecule has 0 aromatic heterocycles. The van der Waals surface area contributed by atoms with Gasteiger partial charge in [0.15, 0.2) is 0 Å². The Labute approximate surface area is 115 Å². The fraction of sp³-hybridized carbons (Fsp3) is 0.133. The highest BCUT2D eigenvalue weighted by Gasteiger charge is 2.08. The second-order valence-corrected chi connectivity index (χ2v) is 4.20. The van der Waals surface area contributed by atoms with Crippen LogP contribution in [0.2, 0.25) is 0 Å². The normalized spacial score (nSPS) is 10.1. The van der Waals surface area contributed by atoms with Crippen LogP contribution in [0.5, 0.6) is 5.75 Å². The summed E-state index contributed by atoms with van der Waals surface area (Å²) < 4.78 is 18.7. The summed E-state index contributed by atoms with van der Waals surface area (Å²) >= 11 is 0. The van der Waals surface area contributed by atoms with E-state index in [1.807, 2.05) is 24.3 Å². The second kappa shape index (κ2) is 6.06. The molecule has 2 aromatic rings. The highest BCUT2D eigenvalue weighted by molar-refractivity contribution is 5.88. The summed E-state index contributed by atoms with van der Waals surface area (Å²) in [5, 5.41) is 11.8. The molecule has 2 rings (SSSR count). The Morgan fingerprint density at radius 3 is 2.80 bits per heavy atom. The van der Waals surface area contributed by atoms with Gasteiger partial charge in [-0.05, 0) is 35.9 Å². The molecule has 104 valence electrons. The quantitative estimate of drug-likeness (QED) is 0.880. The first-order valence-electron chi connectivity index (χ1n) is 6.00. The van der Waals surface area contributed by atoms with Gasteiger partial charge in [0.2, 0.25) is 0 Å². The molecule has 0 aliphatic carbocycles. The third kappa shape index (κ3) is 3.26. The molecule has 0 saturated heterocycles. The Kier molecular flexibility index (Phi) is 4.20. The van der Waals surface area contributed by atoms with E-state index < -0.39 is 11.8 Å². The van der Waals surface area contributed by atoms with Crippen LogP contribution in [0.15, 0.2) is 42.5 Å². The summed E-state index contributed by atoms with van der Waals surface area (Å²) in [4.78, 5) is 10.9. The molecule has 0 saturated carbocycles. The average molecular weight is 275 g/mol. The van der Waals surface area contributed by atoms with E-state index in [-0.39, 0.29) is 11.3 Å². The van der Waals surface area contributed by atoms with E-state index in [1.54, 1.807) is 7.11 Å². The number of carboxylic acid groups (broad SMARTS) is 1. The molecule has 0 amide bonds. The lowest BCUT2D eigenvalue weighted by molar-refractivity contribution is 0.0697. The molecular formula is C15H14FNO3. The summed E-state index contributed by atoms with van der Waals surface area (Å²) in [6, 6.07) is 11.0. The summed E-state index contributed by atoms with van der Waals surface area (Å²) in [6.45, 7) is 0.372. The Bertz CT molecular complexity index is 628. The van der Waals surface area contributed by atoms with Crippen molar-refractivity contribution in [2.45, 2.75) is 6.54 Å². The van der Waals surface area contributed by atoms with Crippen LogP contribution < -0.4 is 10.1 Å². The van der Waals surface area contributed by atoms with Gasteiger partial charge in [-0.25, -0.2) is 9.18 Å². The van der Waals surface area contributed by atoms with Crippen LogP contribution >= 0.6 is 0 Å². The lowest BCUT2D eigenvalue weighted by atomic mass is 10.1. The van der Waals surface area contributed by atoms with Crippen LogP contribution in [0.25, 0.3) is 0 Å². The molecule has 0 bridgehead atoms. The third-order valence-electron chi connectivity index (χ3n) is 2.83. The van der Waals surface area contributed by atoms with Crippen molar-refractivity contribution in [1.29, 1.82) is 0 Å². The fourth-order valence-corrected chi connectivity index (χ4v) is 1.77. The smallest absolute Gasteiger partial charge is 0.335 e. The Balaban J connectivity index is 2.13. The van der Waals surface area contributed by atoms with E-state index in [0.717, 1.165) is 11.6 Å². The van der Waals surface area contributed by atoms with E-state index in [2.05, 4.69) is 5.32 Å². The first-order chi connectivity index (χ1) is 9.60. The first-order valence-corrected chi connectivity index (χ1v) is 6.00. The molecule has 0 radical (unpaired) electrons. The zero-order chi connectivity index (χ0) is 14.5. The van der Waals surface area contributed by atoms with Crippen LogP contribution in [-0.4, -0.2) is 18.2 Å². The Morgan fingerprint density at radius 1 is 1.30 bits per heavy atom. The number of aromatic carboxylic acids is 1. The Morgan fingerprint density at radius 2 is 2.10 bits per heavy atom. The van der Waals surface area contributed by atoms with Crippen LogP contribution in [0.4, 0.5) is 10.1 Å². The van der Waals surface area contributed by atoms with Crippen molar-refractivity contribution in [2.75, 3.05) is 12.4 Å². The molecule has 2 aromatic carbocycles. The van der Waals surface area contributed by atoms with E-state index in [9.17, 15) is 9.18 Å². The predicted octanol–water partition coefficient (Wildman–Crippen LogP) is 3.14. The lowest BCUT2D eigenvalue weighted by Crippen LogP contribution is -2.04. The van der Waals surface area contributed by atoms with Crippen molar-refractivity contribution in [2.24, 2.45) is 0 Å². The second-order valence-electron chi connectivity index (χ2n) is 4.20. The molecule has 2 N–H and O–H groups in total. The molecule has 0 atom stereocenters. The minimum Gasteiger partial charge on any atom is -0.497 e. The first kappa shape index (κ1) is 13.9. The van der Waals surface area contributed by atoms with Gasteiger partial charge < -0.3 is 15.2 Å². The summed E-state index contributed by atoms with van der Waals surface area (Å²) in [7, 11) is 1.57. The number of rotatable bonds is 5. The van der Waals surface area contributed by atoms with E-state index in [0.29, 0.717) is 12.3 Å². The molecule has 0 aliphatic rings. The summed E-state index contributed by atoms with van der Waals surface area (Å²) in [5.74, 6) is -0.864. The van der Waals surface area contributed by atoms with Gasteiger partial charge >= 0.3 is 5.97 Å². The summed E-state index contributed by atoms with van der Waals surface area (Å²) in [5.41, 5.74) is 1.11. The molecule has 0 fully saturated rings. The molecule has 0 aliphatic heterocycles. The van der Waals surface area contributed by atoms with Crippen molar-refractivity contribution in [1.82, 2.24) is 0 Å². The number of hydrogen-bond donors (Lipinski definition) is 2. The standard InChI is InChI=1S/C15H14FNO3/c1-20-12-4-2-3-10(7-12)9-17-14-8-11(15(18)19)5-6-13(14)16/h2-8,17H,9H2,1H3,(H,18,19). The number of anilines is 1. The van der Waals surface area contributed by atoms with Crippen molar-refractivity contribution < 1.29 is 19.0 Å². The molecule has 20 heavy (non-hydrogen) atoms. The van der Waals surface area contributed by atoms with E-state index in [1.165, 1.54) is 12.1 Å². The molecular weight excluding hydrogens is 261 g/mol. The average Bonchev–Trinajstić information content (AvgIpc) is 2.46. The maximum absolute atomic E-state index is 13.6. The number of hydrogen-bond acceptors (Lipinski definition) is 3. The van der Waals surface area contributed by atoms with Gasteiger partial charge in [-0.1, -0.05) is 12.1 Å². The zero-order valence-corrected chi connectivity index (χ0v) is 10.9. The minimum absolute atomic E-state index is 0.0412. The van der Waals surface area contributed by atoms with Gasteiger partial charge in [0.25, 0.3) is 0 Å². The Hall–Kier alpha value is -2.56.